The highest BCUT2D eigenvalue weighted by Crippen LogP contribution is 2.01. The van der Waals surface area contributed by atoms with E-state index in [1.807, 2.05) is 0 Å². The Morgan fingerprint density at radius 2 is 2.32 bits per heavy atom. The van der Waals surface area contributed by atoms with Crippen LogP contribution in [0.1, 0.15) is 0 Å². The van der Waals surface area contributed by atoms with Crippen molar-refractivity contribution in [1.82, 2.24) is 24.4 Å². The van der Waals surface area contributed by atoms with Crippen LogP contribution in [0.4, 0.5) is 5.69 Å². The summed E-state index contributed by atoms with van der Waals surface area (Å²) in [5, 5.41) is 13.0. The first-order valence-corrected chi connectivity index (χ1v) is 5.57. The maximum atomic E-state index is 11.9. The molecule has 96 valence electrons. The van der Waals surface area contributed by atoms with Gasteiger partial charge < -0.3 is 5.32 Å². The van der Waals surface area contributed by atoms with E-state index in [0.717, 1.165) is 4.68 Å². The molecule has 0 atom stereocenters. The fraction of sp³-hybridized carbons (Fsp3) is 0.0909. The lowest BCUT2D eigenvalue weighted by atomic mass is 10.5. The molecule has 1 amide bonds. The lowest BCUT2D eigenvalue weighted by Crippen LogP contribution is -2.28. The summed E-state index contributed by atoms with van der Waals surface area (Å²) in [4.78, 5) is 23.7. The molecule has 3 heterocycles. The van der Waals surface area contributed by atoms with Crippen molar-refractivity contribution in [2.45, 2.75) is 6.54 Å². The standard InChI is InChI=1S/C11H10N6O2/c18-10(14-8-5-12-13-6-8)7-17-11(19)16-4-2-1-3-9(16)15-17/h1-6H,7H2,(H,12,13)(H,14,18). The zero-order valence-corrected chi connectivity index (χ0v) is 9.78. The van der Waals surface area contributed by atoms with E-state index in [9.17, 15) is 9.59 Å². The summed E-state index contributed by atoms with van der Waals surface area (Å²) >= 11 is 0. The molecule has 8 nitrogen and oxygen atoms in total. The van der Waals surface area contributed by atoms with Gasteiger partial charge in [0.05, 0.1) is 11.9 Å². The molecule has 3 aromatic heterocycles. The number of anilines is 1. The summed E-state index contributed by atoms with van der Waals surface area (Å²) in [6.45, 7) is -0.147. The fourth-order valence-electron chi connectivity index (χ4n) is 1.73. The molecule has 2 N–H and O–H groups in total. The molecule has 0 saturated carbocycles. The largest absolute Gasteiger partial charge is 0.350 e. The molecule has 0 bridgehead atoms. The SMILES string of the molecule is O=C(Cn1nc2ccccn2c1=O)Nc1cn[nH]c1. The second kappa shape index (κ2) is 4.41. The number of nitrogens with one attached hydrogen (secondary N) is 2. The van der Waals surface area contributed by atoms with Crippen molar-refractivity contribution >= 4 is 17.2 Å². The highest BCUT2D eigenvalue weighted by atomic mass is 16.2. The number of hydrogen-bond donors (Lipinski definition) is 2. The molecule has 19 heavy (non-hydrogen) atoms. The minimum Gasteiger partial charge on any atom is -0.322 e. The molecule has 0 spiro atoms. The second-order valence-electron chi connectivity index (χ2n) is 3.90. The minimum atomic E-state index is -0.349. The van der Waals surface area contributed by atoms with Gasteiger partial charge in [-0.15, -0.1) is 5.10 Å². The quantitative estimate of drug-likeness (QED) is 0.683. The van der Waals surface area contributed by atoms with Gasteiger partial charge >= 0.3 is 5.69 Å². The van der Waals surface area contributed by atoms with Crippen LogP contribution in [0.25, 0.3) is 5.65 Å². The lowest BCUT2D eigenvalue weighted by Gasteiger charge is -2.00. The van der Waals surface area contributed by atoms with Gasteiger partial charge in [0.25, 0.3) is 0 Å². The fourth-order valence-corrected chi connectivity index (χ4v) is 1.73. The molecule has 8 heteroatoms. The topological polar surface area (TPSA) is 97.1 Å². The van der Waals surface area contributed by atoms with E-state index < -0.39 is 0 Å². The van der Waals surface area contributed by atoms with Gasteiger partial charge in [-0.25, -0.2) is 9.48 Å². The van der Waals surface area contributed by atoms with Gasteiger partial charge in [0, 0.05) is 12.4 Å². The first kappa shape index (κ1) is 11.2. The molecule has 0 radical (unpaired) electrons. The molecule has 0 aromatic carbocycles. The number of amides is 1. The summed E-state index contributed by atoms with van der Waals surface area (Å²) in [6, 6.07) is 5.20. The van der Waals surface area contributed by atoms with Gasteiger partial charge in [0.1, 0.15) is 6.54 Å². The number of carbonyl (C=O) groups excluding carboxylic acids is 1. The van der Waals surface area contributed by atoms with Crippen molar-refractivity contribution in [2.75, 3.05) is 5.32 Å². The van der Waals surface area contributed by atoms with Crippen LogP contribution >= 0.6 is 0 Å². The second-order valence-corrected chi connectivity index (χ2v) is 3.90. The van der Waals surface area contributed by atoms with E-state index in [1.165, 1.54) is 10.6 Å². The van der Waals surface area contributed by atoms with E-state index in [0.29, 0.717) is 11.3 Å². The predicted molar refractivity (Wildman–Crippen MR) is 66.7 cm³/mol. The Bertz CT molecular complexity index is 770. The molecular formula is C11H10N6O2. The van der Waals surface area contributed by atoms with Gasteiger partial charge in [0.15, 0.2) is 5.65 Å². The third kappa shape index (κ3) is 2.10. The number of H-pyrrole nitrogens is 1. The van der Waals surface area contributed by atoms with Gasteiger partial charge in [0.2, 0.25) is 5.91 Å². The monoisotopic (exact) mass is 258 g/mol. The van der Waals surface area contributed by atoms with Crippen molar-refractivity contribution < 1.29 is 4.79 Å². The number of nitrogens with zero attached hydrogens (tertiary/aromatic N) is 4. The van der Waals surface area contributed by atoms with Gasteiger partial charge in [-0.3, -0.25) is 14.3 Å². The van der Waals surface area contributed by atoms with Gasteiger partial charge in [-0.05, 0) is 12.1 Å². The van der Waals surface area contributed by atoms with Crippen LogP contribution < -0.4 is 11.0 Å². The Kier molecular flexibility index (Phi) is 2.60. The van der Waals surface area contributed by atoms with Crippen molar-refractivity contribution in [3.63, 3.8) is 0 Å². The molecule has 0 aliphatic heterocycles. The average Bonchev–Trinajstić information content (AvgIpc) is 3.00. The van der Waals surface area contributed by atoms with Crippen molar-refractivity contribution in [2.24, 2.45) is 0 Å². The summed E-state index contributed by atoms with van der Waals surface area (Å²) in [5.41, 5.74) is 0.698. The summed E-state index contributed by atoms with van der Waals surface area (Å²) in [5.74, 6) is -0.341. The summed E-state index contributed by atoms with van der Waals surface area (Å²) < 4.78 is 2.50. The van der Waals surface area contributed by atoms with Crippen LogP contribution in [0.5, 0.6) is 0 Å². The van der Waals surface area contributed by atoms with Gasteiger partial charge in [-0.2, -0.15) is 5.10 Å². The molecule has 3 rings (SSSR count). The molecule has 0 aliphatic rings. The molecule has 3 aromatic rings. The van der Waals surface area contributed by atoms with Crippen LogP contribution in [0, 0.1) is 0 Å². The Balaban J connectivity index is 1.83. The first-order valence-electron chi connectivity index (χ1n) is 5.57. The number of carbonyl (C=O) groups is 1. The van der Waals surface area contributed by atoms with E-state index in [1.54, 1.807) is 30.6 Å². The number of aromatic nitrogens is 5. The molecule has 0 saturated heterocycles. The van der Waals surface area contributed by atoms with Crippen LogP contribution in [-0.2, 0) is 11.3 Å². The Morgan fingerprint density at radius 3 is 3.05 bits per heavy atom. The van der Waals surface area contributed by atoms with Gasteiger partial charge in [-0.1, -0.05) is 6.07 Å². The van der Waals surface area contributed by atoms with Crippen molar-refractivity contribution in [1.29, 1.82) is 0 Å². The lowest BCUT2D eigenvalue weighted by molar-refractivity contribution is -0.117. The molecule has 0 aliphatic carbocycles. The number of fused-ring (bicyclic) bond motifs is 1. The van der Waals surface area contributed by atoms with E-state index in [2.05, 4.69) is 20.6 Å². The zero-order chi connectivity index (χ0) is 13.2. The first-order chi connectivity index (χ1) is 9.24. The highest BCUT2D eigenvalue weighted by Gasteiger charge is 2.10. The third-order valence-electron chi connectivity index (χ3n) is 2.56. The maximum absolute atomic E-state index is 11.9. The van der Waals surface area contributed by atoms with E-state index in [4.69, 9.17) is 0 Å². The average molecular weight is 258 g/mol. The van der Waals surface area contributed by atoms with E-state index in [-0.39, 0.29) is 18.1 Å². The number of hydrogen-bond acceptors (Lipinski definition) is 4. The van der Waals surface area contributed by atoms with Crippen LogP contribution in [0.15, 0.2) is 41.6 Å². The smallest absolute Gasteiger partial charge is 0.322 e. The van der Waals surface area contributed by atoms with Crippen molar-refractivity contribution in [3.8, 4) is 0 Å². The van der Waals surface area contributed by atoms with Crippen LogP contribution in [-0.4, -0.2) is 30.3 Å². The maximum Gasteiger partial charge on any atom is 0.350 e. The number of rotatable bonds is 3. The molecule has 0 unspecified atom stereocenters. The number of pyridine rings is 1. The highest BCUT2D eigenvalue weighted by molar-refractivity contribution is 5.90. The minimum absolute atomic E-state index is 0.147. The number of aromatic amines is 1. The van der Waals surface area contributed by atoms with Crippen molar-refractivity contribution in [3.05, 3.63) is 47.3 Å². The Morgan fingerprint density at radius 1 is 1.42 bits per heavy atom. The van der Waals surface area contributed by atoms with Crippen LogP contribution in [0.2, 0.25) is 0 Å². The van der Waals surface area contributed by atoms with E-state index >= 15 is 0 Å². The summed E-state index contributed by atoms with van der Waals surface area (Å²) in [6.07, 6.45) is 4.63. The summed E-state index contributed by atoms with van der Waals surface area (Å²) in [7, 11) is 0. The predicted octanol–water partition coefficient (Wildman–Crippen LogP) is -0.142. The third-order valence-corrected chi connectivity index (χ3v) is 2.56. The Hall–Kier alpha value is -2.90. The molecule has 0 fully saturated rings. The zero-order valence-electron chi connectivity index (χ0n) is 9.78. The Labute approximate surface area is 106 Å². The normalized spacial score (nSPS) is 10.7. The van der Waals surface area contributed by atoms with Crippen LogP contribution in [0.3, 0.4) is 0 Å². The molecular weight excluding hydrogens is 248 g/mol.